The fraction of sp³-hybridized carbons (Fsp3) is 0.393. The van der Waals surface area contributed by atoms with Crippen LogP contribution in [0.3, 0.4) is 0 Å². The van der Waals surface area contributed by atoms with Crippen molar-refractivity contribution >= 4 is 5.97 Å². The third-order valence-corrected chi connectivity index (χ3v) is 5.68. The summed E-state index contributed by atoms with van der Waals surface area (Å²) < 4.78 is 0. The van der Waals surface area contributed by atoms with Gasteiger partial charge in [-0.15, -0.1) is 0 Å². The zero-order valence-corrected chi connectivity index (χ0v) is 19.5. The van der Waals surface area contributed by atoms with Crippen molar-refractivity contribution in [2.45, 2.75) is 72.1 Å². The zero-order valence-electron chi connectivity index (χ0n) is 19.5. The van der Waals surface area contributed by atoms with Crippen LogP contribution in [0.1, 0.15) is 79.9 Å². The van der Waals surface area contributed by atoms with Crippen LogP contribution in [-0.2, 0) is 19.3 Å². The van der Waals surface area contributed by atoms with Crippen LogP contribution in [0, 0.1) is 0 Å². The molecule has 0 unspecified atom stereocenters. The molecule has 0 fully saturated rings. The number of carboxylic acid groups (broad SMARTS) is 1. The van der Waals surface area contributed by atoms with Gasteiger partial charge in [-0.25, -0.2) is 4.79 Å². The molecule has 4 nitrogen and oxygen atoms in total. The second-order valence-corrected chi connectivity index (χ2v) is 8.68. The van der Waals surface area contributed by atoms with Crippen LogP contribution in [0.2, 0.25) is 0 Å². The molecule has 0 heterocycles. The number of carboxylic acids is 1. The summed E-state index contributed by atoms with van der Waals surface area (Å²) in [6.07, 6.45) is 10.5. The van der Waals surface area contributed by atoms with Crippen LogP contribution in [0.15, 0.2) is 59.7 Å². The van der Waals surface area contributed by atoms with Crippen molar-refractivity contribution in [3.63, 3.8) is 0 Å². The van der Waals surface area contributed by atoms with Crippen molar-refractivity contribution in [3.05, 3.63) is 82.0 Å². The minimum atomic E-state index is -1.16. The first kappa shape index (κ1) is 25.3. The maximum atomic E-state index is 11.9. The minimum Gasteiger partial charge on any atom is -0.508 e. The quantitative estimate of drug-likeness (QED) is 0.248. The summed E-state index contributed by atoms with van der Waals surface area (Å²) in [5, 5.41) is 30.8. The number of rotatable bonds is 12. The first-order chi connectivity index (χ1) is 15.3. The van der Waals surface area contributed by atoms with Gasteiger partial charge < -0.3 is 15.3 Å². The number of benzene rings is 2. The Morgan fingerprint density at radius 1 is 0.938 bits per heavy atom. The molecule has 0 radical (unpaired) electrons. The second kappa shape index (κ2) is 12.7. The van der Waals surface area contributed by atoms with E-state index in [4.69, 9.17) is 0 Å². The number of carbonyl (C=O) groups is 1. The van der Waals surface area contributed by atoms with Gasteiger partial charge in [0.2, 0.25) is 0 Å². The molecule has 0 amide bonds. The van der Waals surface area contributed by atoms with Crippen LogP contribution in [-0.4, -0.2) is 21.3 Å². The van der Waals surface area contributed by atoms with Crippen LogP contribution < -0.4 is 0 Å². The van der Waals surface area contributed by atoms with E-state index in [2.05, 4.69) is 32.1 Å². The number of allylic oxidation sites excluding steroid dienone is 4. The van der Waals surface area contributed by atoms with Crippen LogP contribution in [0.25, 0.3) is 0 Å². The fourth-order valence-electron chi connectivity index (χ4n) is 3.82. The maximum absolute atomic E-state index is 11.9. The minimum absolute atomic E-state index is 0.0415. The number of unbranched alkanes of at least 4 members (excludes halogenated alkanes) is 2. The van der Waals surface area contributed by atoms with Gasteiger partial charge in [-0.2, -0.15) is 0 Å². The normalized spacial score (nSPS) is 11.4. The Labute approximate surface area is 191 Å². The molecule has 0 aliphatic heterocycles. The molecule has 0 aromatic heterocycles. The van der Waals surface area contributed by atoms with Gasteiger partial charge in [-0.1, -0.05) is 60.1 Å². The van der Waals surface area contributed by atoms with Crippen molar-refractivity contribution in [3.8, 4) is 11.5 Å². The largest absolute Gasteiger partial charge is 0.508 e. The van der Waals surface area contributed by atoms with Gasteiger partial charge >= 0.3 is 5.97 Å². The molecule has 32 heavy (non-hydrogen) atoms. The van der Waals surface area contributed by atoms with Crippen molar-refractivity contribution in [2.24, 2.45) is 0 Å². The van der Waals surface area contributed by atoms with Crippen molar-refractivity contribution in [1.29, 1.82) is 0 Å². The molecule has 0 saturated heterocycles. The molecule has 0 atom stereocenters. The molecule has 4 heteroatoms. The molecule has 0 saturated carbocycles. The third-order valence-electron chi connectivity index (χ3n) is 5.68. The molecule has 0 bridgehead atoms. The highest BCUT2D eigenvalue weighted by atomic mass is 16.4. The van der Waals surface area contributed by atoms with Gasteiger partial charge in [0.05, 0.1) is 0 Å². The maximum Gasteiger partial charge on any atom is 0.339 e. The van der Waals surface area contributed by atoms with E-state index < -0.39 is 5.97 Å². The molecule has 0 aliphatic carbocycles. The van der Waals surface area contributed by atoms with E-state index >= 15 is 0 Å². The number of hydrogen-bond donors (Lipinski definition) is 3. The van der Waals surface area contributed by atoms with E-state index in [0.29, 0.717) is 18.4 Å². The zero-order chi connectivity index (χ0) is 23.5. The van der Waals surface area contributed by atoms with Gasteiger partial charge in [-0.05, 0) is 82.9 Å². The third kappa shape index (κ3) is 7.92. The van der Waals surface area contributed by atoms with Crippen molar-refractivity contribution < 1.29 is 20.1 Å². The lowest BCUT2D eigenvalue weighted by Crippen LogP contribution is -2.06. The number of aromatic hydroxyl groups is 2. The van der Waals surface area contributed by atoms with Crippen molar-refractivity contribution in [1.82, 2.24) is 0 Å². The van der Waals surface area contributed by atoms with Gasteiger partial charge in [0.1, 0.15) is 17.1 Å². The molecule has 172 valence electrons. The smallest absolute Gasteiger partial charge is 0.339 e. The Bertz CT molecular complexity index is 951. The Kier molecular flexibility index (Phi) is 10.1. The summed E-state index contributed by atoms with van der Waals surface area (Å²) in [6, 6.07) is 11.8. The highest BCUT2D eigenvalue weighted by Crippen LogP contribution is 2.35. The summed E-state index contributed by atoms with van der Waals surface area (Å²) in [5.74, 6) is -1.52. The predicted octanol–water partition coefficient (Wildman–Crippen LogP) is 6.99. The monoisotopic (exact) mass is 436 g/mol. The van der Waals surface area contributed by atoms with Gasteiger partial charge in [-0.3, -0.25) is 0 Å². The lowest BCUT2D eigenvalue weighted by molar-refractivity contribution is 0.0692. The van der Waals surface area contributed by atoms with Gasteiger partial charge in [0.15, 0.2) is 0 Å². The Morgan fingerprint density at radius 3 is 2.28 bits per heavy atom. The predicted molar refractivity (Wildman–Crippen MR) is 131 cm³/mol. The summed E-state index contributed by atoms with van der Waals surface area (Å²) in [5.41, 5.74) is 4.38. The summed E-state index contributed by atoms with van der Waals surface area (Å²) in [4.78, 5) is 11.9. The molecule has 0 aliphatic rings. The fourth-order valence-corrected chi connectivity index (χ4v) is 3.82. The first-order valence-corrected chi connectivity index (χ1v) is 11.4. The van der Waals surface area contributed by atoms with E-state index in [9.17, 15) is 20.1 Å². The van der Waals surface area contributed by atoms with E-state index in [0.717, 1.165) is 44.1 Å². The summed E-state index contributed by atoms with van der Waals surface area (Å²) >= 11 is 0. The number of hydrogen-bond acceptors (Lipinski definition) is 3. The van der Waals surface area contributed by atoms with E-state index in [-0.39, 0.29) is 22.6 Å². The Balaban J connectivity index is 2.03. The average Bonchev–Trinajstić information content (AvgIpc) is 2.73. The molecule has 2 aromatic rings. The average molecular weight is 437 g/mol. The van der Waals surface area contributed by atoms with Crippen molar-refractivity contribution in [2.75, 3.05) is 0 Å². The van der Waals surface area contributed by atoms with Crippen LogP contribution in [0.4, 0.5) is 0 Å². The number of phenols is 2. The van der Waals surface area contributed by atoms with Gasteiger partial charge in [0.25, 0.3) is 0 Å². The van der Waals surface area contributed by atoms with E-state index in [1.54, 1.807) is 0 Å². The molecule has 2 aromatic carbocycles. The highest BCUT2D eigenvalue weighted by molar-refractivity contribution is 5.93. The van der Waals surface area contributed by atoms with E-state index in [1.807, 2.05) is 31.2 Å². The SMILES string of the molecule is CC(C)=CCC/C(C)=C/Cc1c(O)cc(CCCCCc2ccccc2)c(C(=O)O)c1O. The lowest BCUT2D eigenvalue weighted by Gasteiger charge is -2.14. The Hall–Kier alpha value is -3.01. The molecule has 0 spiro atoms. The topological polar surface area (TPSA) is 77.8 Å². The standard InChI is InChI=1S/C28H36O4/c1-20(2)11-10-12-21(3)17-18-24-25(29)19-23(26(27(24)30)28(31)32)16-9-5-8-15-22-13-6-4-7-14-22/h4,6-7,11,13-14,17,19,29-30H,5,8-10,12,15-16,18H2,1-3H3,(H,31,32)/b21-17+. The van der Waals surface area contributed by atoms with Crippen LogP contribution in [0.5, 0.6) is 11.5 Å². The van der Waals surface area contributed by atoms with Gasteiger partial charge in [0, 0.05) is 5.56 Å². The molecular weight excluding hydrogens is 400 g/mol. The van der Waals surface area contributed by atoms with E-state index in [1.165, 1.54) is 17.2 Å². The Morgan fingerprint density at radius 2 is 1.62 bits per heavy atom. The number of phenolic OH excluding ortho intramolecular Hbond substituents is 1. The summed E-state index contributed by atoms with van der Waals surface area (Å²) in [6.45, 7) is 6.13. The molecule has 2 rings (SSSR count). The first-order valence-electron chi connectivity index (χ1n) is 11.4. The number of aromatic carboxylic acids is 1. The van der Waals surface area contributed by atoms with Crippen LogP contribution >= 0.6 is 0 Å². The lowest BCUT2D eigenvalue weighted by atomic mass is 9.94. The highest BCUT2D eigenvalue weighted by Gasteiger charge is 2.21. The second-order valence-electron chi connectivity index (χ2n) is 8.68. The molecular formula is C28H36O4. The number of aryl methyl sites for hydroxylation is 2. The summed E-state index contributed by atoms with van der Waals surface area (Å²) in [7, 11) is 0. The molecule has 3 N–H and O–H groups in total.